The molecule has 0 spiro atoms. The number of aromatic hydroxyl groups is 1. The van der Waals surface area contributed by atoms with E-state index in [9.17, 15) is 9.90 Å². The van der Waals surface area contributed by atoms with Gasteiger partial charge in [0.1, 0.15) is 11.3 Å². The molecule has 14 heavy (non-hydrogen) atoms. The smallest absolute Gasteiger partial charge is 0.341 e. The van der Waals surface area contributed by atoms with Crippen molar-refractivity contribution in [3.8, 4) is 5.75 Å². The van der Waals surface area contributed by atoms with Crippen molar-refractivity contribution in [3.63, 3.8) is 0 Å². The zero-order chi connectivity index (χ0) is 10.1. The normalized spacial score (nSPS) is 10.4. The van der Waals surface area contributed by atoms with Gasteiger partial charge in [0.05, 0.1) is 7.11 Å². The number of aromatic nitrogens is 1. The molecule has 0 amide bonds. The van der Waals surface area contributed by atoms with Gasteiger partial charge in [0, 0.05) is 17.1 Å². The van der Waals surface area contributed by atoms with E-state index in [1.807, 2.05) is 6.07 Å². The number of phenolic OH excluding ortho intramolecular Hbond substituents is 1. The molecular formula is C10H9NO3. The third kappa shape index (κ3) is 1.21. The van der Waals surface area contributed by atoms with Crippen molar-refractivity contribution >= 4 is 16.9 Å². The largest absolute Gasteiger partial charge is 0.507 e. The van der Waals surface area contributed by atoms with Crippen LogP contribution in [0.25, 0.3) is 10.9 Å². The Morgan fingerprint density at radius 2 is 2.29 bits per heavy atom. The van der Waals surface area contributed by atoms with E-state index in [4.69, 9.17) is 0 Å². The van der Waals surface area contributed by atoms with E-state index in [2.05, 4.69) is 9.72 Å². The van der Waals surface area contributed by atoms with E-state index < -0.39 is 5.97 Å². The molecular weight excluding hydrogens is 182 g/mol. The van der Waals surface area contributed by atoms with Crippen LogP contribution in [0.2, 0.25) is 0 Å². The number of fused-ring (bicyclic) bond motifs is 1. The molecule has 4 nitrogen and oxygen atoms in total. The SMILES string of the molecule is COC(=O)c1cc2[nH]ccc2cc1O. The molecule has 0 fully saturated rings. The Hall–Kier alpha value is -1.97. The van der Waals surface area contributed by atoms with Crippen LogP contribution in [0, 0.1) is 0 Å². The van der Waals surface area contributed by atoms with Crippen molar-refractivity contribution in [2.75, 3.05) is 7.11 Å². The Kier molecular flexibility index (Phi) is 1.89. The van der Waals surface area contributed by atoms with Gasteiger partial charge in [-0.2, -0.15) is 0 Å². The number of carbonyl (C=O) groups is 1. The zero-order valence-electron chi connectivity index (χ0n) is 7.57. The Morgan fingerprint density at radius 3 is 3.00 bits per heavy atom. The molecule has 0 radical (unpaired) electrons. The van der Waals surface area contributed by atoms with Crippen LogP contribution >= 0.6 is 0 Å². The molecule has 72 valence electrons. The molecule has 0 atom stereocenters. The number of aromatic amines is 1. The maximum absolute atomic E-state index is 11.2. The third-order valence-electron chi connectivity index (χ3n) is 2.07. The van der Waals surface area contributed by atoms with Gasteiger partial charge in [0.2, 0.25) is 0 Å². The van der Waals surface area contributed by atoms with Gasteiger partial charge in [0.25, 0.3) is 0 Å². The Balaban J connectivity index is 2.64. The summed E-state index contributed by atoms with van der Waals surface area (Å²) in [5.74, 6) is -0.608. The van der Waals surface area contributed by atoms with Crippen LogP contribution in [0.15, 0.2) is 24.4 Å². The average Bonchev–Trinajstić information content (AvgIpc) is 2.62. The van der Waals surface area contributed by atoms with Gasteiger partial charge in [-0.3, -0.25) is 0 Å². The first-order valence-corrected chi connectivity index (χ1v) is 4.11. The second-order valence-electron chi connectivity index (χ2n) is 2.93. The van der Waals surface area contributed by atoms with Crippen LogP contribution in [0.3, 0.4) is 0 Å². The third-order valence-corrected chi connectivity index (χ3v) is 2.07. The highest BCUT2D eigenvalue weighted by Gasteiger charge is 2.12. The minimum absolute atomic E-state index is 0.0658. The lowest BCUT2D eigenvalue weighted by Gasteiger charge is -2.02. The number of esters is 1. The Bertz CT molecular complexity index is 487. The monoisotopic (exact) mass is 191 g/mol. The fourth-order valence-corrected chi connectivity index (χ4v) is 1.36. The quantitative estimate of drug-likeness (QED) is 0.674. The minimum atomic E-state index is -0.543. The maximum Gasteiger partial charge on any atom is 0.341 e. The number of methoxy groups -OCH3 is 1. The van der Waals surface area contributed by atoms with E-state index in [1.54, 1.807) is 12.3 Å². The number of hydrogen-bond donors (Lipinski definition) is 2. The lowest BCUT2D eigenvalue weighted by molar-refractivity contribution is 0.0597. The molecule has 1 aromatic heterocycles. The molecule has 2 rings (SSSR count). The molecule has 4 heteroatoms. The van der Waals surface area contributed by atoms with Crippen LogP contribution in [0.5, 0.6) is 5.75 Å². The number of phenols is 1. The zero-order valence-corrected chi connectivity index (χ0v) is 7.57. The van der Waals surface area contributed by atoms with Crippen molar-refractivity contribution in [1.29, 1.82) is 0 Å². The number of ether oxygens (including phenoxy) is 1. The van der Waals surface area contributed by atoms with Gasteiger partial charge in [-0.1, -0.05) is 0 Å². The molecule has 1 heterocycles. The van der Waals surface area contributed by atoms with Gasteiger partial charge in [-0.25, -0.2) is 4.79 Å². The predicted octanol–water partition coefficient (Wildman–Crippen LogP) is 1.66. The van der Waals surface area contributed by atoms with Gasteiger partial charge in [-0.05, 0) is 18.2 Å². The minimum Gasteiger partial charge on any atom is -0.507 e. The second kappa shape index (κ2) is 3.06. The average molecular weight is 191 g/mol. The number of hydrogen-bond acceptors (Lipinski definition) is 3. The van der Waals surface area contributed by atoms with Crippen LogP contribution < -0.4 is 0 Å². The summed E-state index contributed by atoms with van der Waals surface area (Å²) >= 11 is 0. The number of benzene rings is 1. The summed E-state index contributed by atoms with van der Waals surface area (Å²) in [7, 11) is 1.28. The molecule has 0 aliphatic heterocycles. The van der Waals surface area contributed by atoms with Crippen molar-refractivity contribution < 1.29 is 14.6 Å². The molecule has 2 aromatic rings. The number of nitrogens with one attached hydrogen (secondary N) is 1. The van der Waals surface area contributed by atoms with Crippen molar-refractivity contribution in [2.45, 2.75) is 0 Å². The van der Waals surface area contributed by atoms with E-state index in [1.165, 1.54) is 13.2 Å². The molecule has 2 N–H and O–H groups in total. The van der Waals surface area contributed by atoms with Gasteiger partial charge in [-0.15, -0.1) is 0 Å². The molecule has 1 aromatic carbocycles. The molecule has 0 aliphatic rings. The molecule has 0 aliphatic carbocycles. The topological polar surface area (TPSA) is 62.3 Å². The van der Waals surface area contributed by atoms with Crippen molar-refractivity contribution in [1.82, 2.24) is 4.98 Å². The molecule has 0 saturated carbocycles. The summed E-state index contributed by atoms with van der Waals surface area (Å²) in [5, 5.41) is 10.4. The van der Waals surface area contributed by atoms with Gasteiger partial charge < -0.3 is 14.8 Å². The first-order chi connectivity index (χ1) is 6.72. The fourth-order valence-electron chi connectivity index (χ4n) is 1.36. The predicted molar refractivity (Wildman–Crippen MR) is 51.3 cm³/mol. The lowest BCUT2D eigenvalue weighted by atomic mass is 10.1. The summed E-state index contributed by atoms with van der Waals surface area (Å²) < 4.78 is 4.53. The molecule has 0 saturated heterocycles. The van der Waals surface area contributed by atoms with Gasteiger partial charge >= 0.3 is 5.97 Å². The highest BCUT2D eigenvalue weighted by Crippen LogP contribution is 2.24. The number of rotatable bonds is 1. The summed E-state index contributed by atoms with van der Waals surface area (Å²) in [6.07, 6.45) is 1.74. The highest BCUT2D eigenvalue weighted by atomic mass is 16.5. The summed E-state index contributed by atoms with van der Waals surface area (Å²) in [4.78, 5) is 14.2. The first-order valence-electron chi connectivity index (χ1n) is 4.11. The summed E-state index contributed by atoms with van der Waals surface area (Å²) in [5.41, 5.74) is 0.964. The van der Waals surface area contributed by atoms with E-state index in [-0.39, 0.29) is 11.3 Å². The van der Waals surface area contributed by atoms with Crippen LogP contribution in [-0.2, 0) is 4.74 Å². The van der Waals surface area contributed by atoms with Gasteiger partial charge in [0.15, 0.2) is 0 Å². The maximum atomic E-state index is 11.2. The second-order valence-corrected chi connectivity index (χ2v) is 2.93. The van der Waals surface area contributed by atoms with E-state index in [0.29, 0.717) is 0 Å². The van der Waals surface area contributed by atoms with Crippen molar-refractivity contribution in [2.24, 2.45) is 0 Å². The molecule has 0 bridgehead atoms. The summed E-state index contributed by atoms with van der Waals surface area (Å²) in [6, 6.07) is 4.91. The van der Waals surface area contributed by atoms with Crippen molar-refractivity contribution in [3.05, 3.63) is 30.0 Å². The van der Waals surface area contributed by atoms with Crippen LogP contribution in [-0.4, -0.2) is 23.2 Å². The van der Waals surface area contributed by atoms with E-state index in [0.717, 1.165) is 10.9 Å². The fraction of sp³-hybridized carbons (Fsp3) is 0.100. The van der Waals surface area contributed by atoms with E-state index >= 15 is 0 Å². The highest BCUT2D eigenvalue weighted by molar-refractivity contribution is 5.97. The number of H-pyrrole nitrogens is 1. The Labute approximate surface area is 80.1 Å². The number of carbonyl (C=O) groups excluding carboxylic acids is 1. The first kappa shape index (κ1) is 8.62. The molecule has 0 unspecified atom stereocenters. The Morgan fingerprint density at radius 1 is 1.50 bits per heavy atom. The van der Waals surface area contributed by atoms with Crippen LogP contribution in [0.1, 0.15) is 10.4 Å². The van der Waals surface area contributed by atoms with Crippen LogP contribution in [0.4, 0.5) is 0 Å². The standard InChI is InChI=1S/C10H9NO3/c1-14-10(13)7-5-8-6(2-3-11-8)4-9(7)12/h2-5,11-12H,1H3. The lowest BCUT2D eigenvalue weighted by Crippen LogP contribution is -2.01. The summed E-state index contributed by atoms with van der Waals surface area (Å²) in [6.45, 7) is 0.